The third kappa shape index (κ3) is 7.82. The molecule has 0 amide bonds. The molecule has 0 bridgehead atoms. The van der Waals surface area contributed by atoms with Crippen molar-refractivity contribution in [3.05, 3.63) is 30.3 Å². The first-order valence-corrected chi connectivity index (χ1v) is 18.8. The van der Waals surface area contributed by atoms with Crippen LogP contribution in [0.1, 0.15) is 120 Å². The molecule has 0 heterocycles. The Labute approximate surface area is 248 Å². The average molecular weight is 571 g/mol. The number of hydrogen-bond donors (Lipinski definition) is 0. The summed E-state index contributed by atoms with van der Waals surface area (Å²) in [7, 11) is -3.29. The molecule has 0 aromatic heterocycles. The maximum Gasteiger partial charge on any atom is 0.537 e. The number of benzene rings is 1. The summed E-state index contributed by atoms with van der Waals surface area (Å²) in [6.07, 6.45) is 11.5. The lowest BCUT2D eigenvalue weighted by Gasteiger charge is -2.48. The second-order valence-electron chi connectivity index (χ2n) is 15.4. The molecule has 0 aliphatic heterocycles. The predicted molar refractivity (Wildman–Crippen MR) is 170 cm³/mol. The highest BCUT2D eigenvalue weighted by molar-refractivity contribution is 6.75. The summed E-state index contributed by atoms with van der Waals surface area (Å²) in [6, 6.07) is 11.0. The number of hydrogen-bond acceptors (Lipinski definition) is 3. The normalized spacial score (nSPS) is 37.1. The van der Waals surface area contributed by atoms with Crippen LogP contribution in [0.3, 0.4) is 0 Å². The van der Waals surface area contributed by atoms with Crippen molar-refractivity contribution in [2.45, 2.75) is 138 Å². The van der Waals surface area contributed by atoms with Crippen molar-refractivity contribution < 1.29 is 13.3 Å². The van der Waals surface area contributed by atoms with Gasteiger partial charge >= 0.3 is 8.80 Å². The van der Waals surface area contributed by atoms with Crippen LogP contribution >= 0.6 is 0 Å². The molecule has 3 fully saturated rings. The van der Waals surface area contributed by atoms with Gasteiger partial charge in [-0.1, -0.05) is 112 Å². The summed E-state index contributed by atoms with van der Waals surface area (Å²) in [5.41, 5.74) is 0. The second-order valence-corrected chi connectivity index (χ2v) is 17.8. The summed E-state index contributed by atoms with van der Waals surface area (Å²) >= 11 is 0. The maximum absolute atomic E-state index is 7.64. The molecule has 9 unspecified atom stereocenters. The van der Waals surface area contributed by atoms with E-state index in [0.29, 0.717) is 53.3 Å². The van der Waals surface area contributed by atoms with Gasteiger partial charge in [0.05, 0.1) is 18.3 Å². The van der Waals surface area contributed by atoms with Gasteiger partial charge in [-0.3, -0.25) is 0 Å². The van der Waals surface area contributed by atoms with E-state index in [0.717, 1.165) is 19.3 Å². The lowest BCUT2D eigenvalue weighted by atomic mass is 9.75. The highest BCUT2D eigenvalue weighted by atomic mass is 28.4. The third-order valence-corrected chi connectivity index (χ3v) is 13.8. The van der Waals surface area contributed by atoms with Gasteiger partial charge in [0, 0.05) is 5.19 Å². The molecule has 0 N–H and O–H groups in total. The molecule has 0 radical (unpaired) electrons. The molecule has 9 atom stereocenters. The molecule has 0 spiro atoms. The van der Waals surface area contributed by atoms with Crippen LogP contribution in [0, 0.1) is 53.3 Å². The van der Waals surface area contributed by atoms with E-state index >= 15 is 0 Å². The molecule has 3 saturated carbocycles. The number of rotatable bonds is 10. The highest BCUT2D eigenvalue weighted by Crippen LogP contribution is 2.43. The third-order valence-electron chi connectivity index (χ3n) is 10.9. The van der Waals surface area contributed by atoms with Crippen LogP contribution in [0.2, 0.25) is 0 Å². The van der Waals surface area contributed by atoms with E-state index in [9.17, 15) is 0 Å². The lowest BCUT2D eigenvalue weighted by Crippen LogP contribution is -2.64. The Kier molecular flexibility index (Phi) is 11.4. The molecule has 4 heteroatoms. The Morgan fingerprint density at radius 1 is 0.525 bits per heavy atom. The Morgan fingerprint density at radius 2 is 0.850 bits per heavy atom. The fourth-order valence-electron chi connectivity index (χ4n) is 8.28. The van der Waals surface area contributed by atoms with E-state index in [2.05, 4.69) is 92.6 Å². The average Bonchev–Trinajstić information content (AvgIpc) is 2.88. The summed E-state index contributed by atoms with van der Waals surface area (Å²) in [5.74, 6) is 5.48. The fourth-order valence-corrected chi connectivity index (χ4v) is 11.5. The van der Waals surface area contributed by atoms with Crippen LogP contribution in [0.4, 0.5) is 0 Å². The SMILES string of the molecule is CC1CCC(C(C)C)C(O[Si](OC2CC(C)CCC2C(C)C)(OC2CC(C)CCC2C(C)C)c2ccccc2)C1. The second kappa shape index (κ2) is 14.2. The van der Waals surface area contributed by atoms with Gasteiger partial charge in [-0.15, -0.1) is 0 Å². The van der Waals surface area contributed by atoms with Gasteiger partial charge in [-0.05, 0) is 91.8 Å². The van der Waals surface area contributed by atoms with Crippen LogP contribution < -0.4 is 5.19 Å². The molecule has 40 heavy (non-hydrogen) atoms. The van der Waals surface area contributed by atoms with Gasteiger partial charge < -0.3 is 13.3 Å². The smallest absolute Gasteiger partial charge is 0.367 e. The van der Waals surface area contributed by atoms with Crippen LogP contribution in [0.5, 0.6) is 0 Å². The Hall–Kier alpha value is -0.683. The summed E-state index contributed by atoms with van der Waals surface area (Å²) in [5, 5.41) is 1.18. The van der Waals surface area contributed by atoms with Crippen LogP contribution in [-0.4, -0.2) is 27.1 Å². The first-order valence-electron chi connectivity index (χ1n) is 17.1. The lowest BCUT2D eigenvalue weighted by molar-refractivity contribution is -0.0880. The molecule has 4 rings (SSSR count). The van der Waals surface area contributed by atoms with Gasteiger partial charge in [0.25, 0.3) is 0 Å². The molecule has 1 aromatic carbocycles. The van der Waals surface area contributed by atoms with Crippen LogP contribution in [0.25, 0.3) is 0 Å². The largest absolute Gasteiger partial charge is 0.537 e. The minimum atomic E-state index is -3.29. The molecule has 0 saturated heterocycles. The van der Waals surface area contributed by atoms with Crippen LogP contribution in [0.15, 0.2) is 30.3 Å². The van der Waals surface area contributed by atoms with E-state index in [1.165, 1.54) is 43.7 Å². The molecule has 228 valence electrons. The Balaban J connectivity index is 1.80. The molecule has 3 aliphatic rings. The van der Waals surface area contributed by atoms with Crippen molar-refractivity contribution in [2.75, 3.05) is 0 Å². The minimum Gasteiger partial charge on any atom is -0.367 e. The first kappa shape index (κ1) is 32.2. The van der Waals surface area contributed by atoms with E-state index in [1.54, 1.807) is 0 Å². The van der Waals surface area contributed by atoms with Crippen molar-refractivity contribution in [3.8, 4) is 0 Å². The van der Waals surface area contributed by atoms with E-state index in [1.807, 2.05) is 0 Å². The van der Waals surface area contributed by atoms with Gasteiger partial charge in [0.1, 0.15) is 0 Å². The van der Waals surface area contributed by atoms with Crippen LogP contribution in [-0.2, 0) is 13.3 Å². The molecular weight excluding hydrogens is 508 g/mol. The summed E-state index contributed by atoms with van der Waals surface area (Å²) in [4.78, 5) is 0. The van der Waals surface area contributed by atoms with E-state index in [-0.39, 0.29) is 18.3 Å². The molecule has 1 aromatic rings. The van der Waals surface area contributed by atoms with Gasteiger partial charge in [-0.25, -0.2) is 0 Å². The van der Waals surface area contributed by atoms with Gasteiger partial charge in [0.2, 0.25) is 0 Å². The van der Waals surface area contributed by atoms with Crippen molar-refractivity contribution in [1.82, 2.24) is 0 Å². The van der Waals surface area contributed by atoms with E-state index < -0.39 is 8.80 Å². The maximum atomic E-state index is 7.64. The predicted octanol–water partition coefficient (Wildman–Crippen LogP) is 9.26. The zero-order valence-electron chi connectivity index (χ0n) is 27.4. The molecule has 3 nitrogen and oxygen atoms in total. The van der Waals surface area contributed by atoms with Crippen molar-refractivity contribution >= 4 is 14.0 Å². The fraction of sp³-hybridized carbons (Fsp3) is 0.833. The summed E-state index contributed by atoms with van der Waals surface area (Å²) in [6.45, 7) is 21.6. The zero-order chi connectivity index (χ0) is 29.0. The van der Waals surface area contributed by atoms with Crippen molar-refractivity contribution in [1.29, 1.82) is 0 Å². The monoisotopic (exact) mass is 570 g/mol. The topological polar surface area (TPSA) is 27.7 Å². The molecule has 3 aliphatic carbocycles. The first-order chi connectivity index (χ1) is 19.0. The highest BCUT2D eigenvalue weighted by Gasteiger charge is 2.54. The van der Waals surface area contributed by atoms with Crippen molar-refractivity contribution in [2.24, 2.45) is 53.3 Å². The van der Waals surface area contributed by atoms with Gasteiger partial charge in [0.15, 0.2) is 0 Å². The zero-order valence-corrected chi connectivity index (χ0v) is 28.4. The van der Waals surface area contributed by atoms with Crippen molar-refractivity contribution in [3.63, 3.8) is 0 Å². The Morgan fingerprint density at radius 3 is 1.15 bits per heavy atom. The quantitative estimate of drug-likeness (QED) is 0.262. The van der Waals surface area contributed by atoms with E-state index in [4.69, 9.17) is 13.3 Å². The minimum absolute atomic E-state index is 0.188. The molecular formula is C36H62O3Si. The Bertz CT molecular complexity index is 802. The standard InChI is InChI=1S/C36H62O3Si/c1-24(2)31-18-15-27(7)21-34(31)37-40(30-13-11-10-12-14-30,38-35-22-28(8)16-19-32(35)25(3)4)39-36-23-29(9)17-20-33(36)26(5)6/h10-14,24-29,31-36H,15-23H2,1-9H3. The van der Waals surface area contributed by atoms with Gasteiger partial charge in [-0.2, -0.15) is 0 Å². The summed E-state index contributed by atoms with van der Waals surface area (Å²) < 4.78 is 22.9.